The summed E-state index contributed by atoms with van der Waals surface area (Å²) in [6.45, 7) is 3.31. The zero-order valence-electron chi connectivity index (χ0n) is 33.7. The molecule has 2 unspecified atom stereocenters. The van der Waals surface area contributed by atoms with Crippen LogP contribution in [-0.4, -0.2) is 89.0 Å². The second-order valence-electron chi connectivity index (χ2n) is 14.4. The van der Waals surface area contributed by atoms with Gasteiger partial charge >= 0.3 is 11.9 Å². The van der Waals surface area contributed by atoms with Crippen molar-refractivity contribution in [2.45, 2.75) is 198 Å². The molecule has 312 valence electrons. The van der Waals surface area contributed by atoms with Gasteiger partial charge in [-0.05, 0) is 70.6 Å². The lowest BCUT2D eigenvalue weighted by Crippen LogP contribution is -2.59. The first-order chi connectivity index (χ1) is 26.3. The highest BCUT2D eigenvalue weighted by Crippen LogP contribution is 2.22. The third-order valence-corrected chi connectivity index (χ3v) is 9.44. The lowest BCUT2D eigenvalue weighted by atomic mass is 9.99. The monoisotopic (exact) mass is 765 g/mol. The molecule has 10 heteroatoms. The van der Waals surface area contributed by atoms with Gasteiger partial charge in [0.15, 0.2) is 12.4 Å². The van der Waals surface area contributed by atoms with Gasteiger partial charge in [-0.2, -0.15) is 0 Å². The molecular weight excluding hydrogens is 688 g/mol. The van der Waals surface area contributed by atoms with Crippen molar-refractivity contribution in [3.63, 3.8) is 0 Å². The fourth-order valence-corrected chi connectivity index (χ4v) is 6.02. The summed E-state index contributed by atoms with van der Waals surface area (Å²) in [7, 11) is 0. The highest BCUT2D eigenvalue weighted by atomic mass is 16.7. The highest BCUT2D eigenvalue weighted by Gasteiger charge is 2.44. The molecule has 1 saturated heterocycles. The SMILES string of the molecule is CCCCC/C=C/CCCCCCCC(=O)O[C@@H](COC(=O)CCC/C=C/C/C=C/C/C=C/CCCCCCCC)CO[C@H]1O[C@@H](CO)[C@@H](O)C(O)C1O. The Morgan fingerprint density at radius 3 is 1.67 bits per heavy atom. The van der Waals surface area contributed by atoms with Crippen LogP contribution in [0.2, 0.25) is 0 Å². The van der Waals surface area contributed by atoms with Crippen LogP contribution in [0.3, 0.4) is 0 Å². The van der Waals surface area contributed by atoms with Crippen molar-refractivity contribution < 1.29 is 49.0 Å². The third kappa shape index (κ3) is 26.5. The smallest absolute Gasteiger partial charge is 0.306 e. The van der Waals surface area contributed by atoms with Gasteiger partial charge in [0.25, 0.3) is 0 Å². The molecule has 0 radical (unpaired) electrons. The number of carbonyl (C=O) groups excluding carboxylic acids is 2. The first kappa shape index (κ1) is 49.7. The molecule has 0 saturated carbocycles. The predicted octanol–water partition coefficient (Wildman–Crippen LogP) is 8.49. The minimum Gasteiger partial charge on any atom is -0.462 e. The lowest BCUT2D eigenvalue weighted by molar-refractivity contribution is -0.305. The van der Waals surface area contributed by atoms with E-state index in [9.17, 15) is 30.0 Å². The van der Waals surface area contributed by atoms with Gasteiger partial charge in [0.2, 0.25) is 0 Å². The number of esters is 2. The Bertz CT molecular complexity index is 1020. The molecule has 0 spiro atoms. The molecule has 0 aromatic rings. The number of ether oxygens (including phenoxy) is 4. The summed E-state index contributed by atoms with van der Waals surface area (Å²) in [5.74, 6) is -0.882. The Balaban J connectivity index is 2.40. The predicted molar refractivity (Wildman–Crippen MR) is 215 cm³/mol. The van der Waals surface area contributed by atoms with E-state index in [1.165, 1.54) is 57.8 Å². The average molecular weight is 765 g/mol. The summed E-state index contributed by atoms with van der Waals surface area (Å²) in [5, 5.41) is 40.0. The van der Waals surface area contributed by atoms with Crippen molar-refractivity contribution in [1.29, 1.82) is 0 Å². The number of aliphatic hydroxyl groups excluding tert-OH is 4. The largest absolute Gasteiger partial charge is 0.462 e. The van der Waals surface area contributed by atoms with Crippen LogP contribution in [0.5, 0.6) is 0 Å². The normalized spacial score (nSPS) is 21.2. The van der Waals surface area contributed by atoms with E-state index < -0.39 is 55.4 Å². The van der Waals surface area contributed by atoms with Crippen molar-refractivity contribution in [2.24, 2.45) is 0 Å². The minimum absolute atomic E-state index is 0.201. The zero-order chi connectivity index (χ0) is 39.5. The maximum atomic E-state index is 12.7. The molecule has 10 nitrogen and oxygen atoms in total. The van der Waals surface area contributed by atoms with Gasteiger partial charge in [-0.15, -0.1) is 0 Å². The van der Waals surface area contributed by atoms with Crippen LogP contribution >= 0.6 is 0 Å². The first-order valence-electron chi connectivity index (χ1n) is 21.2. The molecule has 1 rings (SSSR count). The Kier molecular flexibility index (Phi) is 32.3. The fourth-order valence-electron chi connectivity index (χ4n) is 6.02. The molecular formula is C44H76O10. The van der Waals surface area contributed by atoms with Crippen LogP contribution in [-0.2, 0) is 28.5 Å². The van der Waals surface area contributed by atoms with E-state index in [0.717, 1.165) is 64.2 Å². The van der Waals surface area contributed by atoms with Crippen LogP contribution in [0, 0.1) is 0 Å². The minimum atomic E-state index is -1.60. The average Bonchev–Trinajstić information content (AvgIpc) is 3.17. The molecule has 1 heterocycles. The van der Waals surface area contributed by atoms with Gasteiger partial charge < -0.3 is 39.4 Å². The van der Waals surface area contributed by atoms with E-state index in [-0.39, 0.29) is 26.1 Å². The molecule has 54 heavy (non-hydrogen) atoms. The summed E-state index contributed by atoms with van der Waals surface area (Å²) in [6, 6.07) is 0. The summed E-state index contributed by atoms with van der Waals surface area (Å²) >= 11 is 0. The number of allylic oxidation sites excluding steroid dienone is 8. The van der Waals surface area contributed by atoms with E-state index in [2.05, 4.69) is 62.5 Å². The van der Waals surface area contributed by atoms with Crippen LogP contribution in [0.1, 0.15) is 162 Å². The molecule has 4 N–H and O–H groups in total. The molecule has 0 amide bonds. The van der Waals surface area contributed by atoms with E-state index in [1.54, 1.807) is 0 Å². The Morgan fingerprint density at radius 1 is 0.574 bits per heavy atom. The number of hydrogen-bond donors (Lipinski definition) is 4. The molecule has 0 aromatic carbocycles. The Hall–Kier alpha value is -2.34. The summed E-state index contributed by atoms with van der Waals surface area (Å²) < 4.78 is 22.0. The van der Waals surface area contributed by atoms with E-state index >= 15 is 0 Å². The highest BCUT2D eigenvalue weighted by molar-refractivity contribution is 5.70. The molecule has 0 aliphatic carbocycles. The molecule has 6 atom stereocenters. The zero-order valence-corrected chi connectivity index (χ0v) is 33.7. The van der Waals surface area contributed by atoms with E-state index in [1.807, 2.05) is 0 Å². The number of aliphatic hydroxyl groups is 4. The van der Waals surface area contributed by atoms with Crippen LogP contribution in [0.25, 0.3) is 0 Å². The van der Waals surface area contributed by atoms with Crippen molar-refractivity contribution in [1.82, 2.24) is 0 Å². The molecule has 1 aliphatic rings. The van der Waals surface area contributed by atoms with Gasteiger partial charge in [0.05, 0.1) is 13.2 Å². The maximum Gasteiger partial charge on any atom is 0.306 e. The van der Waals surface area contributed by atoms with Gasteiger partial charge in [-0.25, -0.2) is 0 Å². The number of hydrogen-bond acceptors (Lipinski definition) is 10. The topological polar surface area (TPSA) is 152 Å². The van der Waals surface area contributed by atoms with E-state index in [0.29, 0.717) is 12.8 Å². The van der Waals surface area contributed by atoms with Crippen molar-refractivity contribution in [3.8, 4) is 0 Å². The summed E-state index contributed by atoms with van der Waals surface area (Å²) in [6.07, 6.45) is 32.7. The molecule has 0 bridgehead atoms. The van der Waals surface area contributed by atoms with Crippen LogP contribution in [0.15, 0.2) is 48.6 Å². The second kappa shape index (κ2) is 35.1. The summed E-state index contributed by atoms with van der Waals surface area (Å²) in [4.78, 5) is 25.2. The third-order valence-electron chi connectivity index (χ3n) is 9.44. The van der Waals surface area contributed by atoms with Crippen LogP contribution in [0.4, 0.5) is 0 Å². The van der Waals surface area contributed by atoms with Gasteiger partial charge in [0.1, 0.15) is 31.0 Å². The second-order valence-corrected chi connectivity index (χ2v) is 14.4. The van der Waals surface area contributed by atoms with Gasteiger partial charge in [-0.1, -0.05) is 127 Å². The van der Waals surface area contributed by atoms with Crippen LogP contribution < -0.4 is 0 Å². The number of unbranched alkanes of at least 4 members (excludes halogenated alkanes) is 15. The van der Waals surface area contributed by atoms with Crippen molar-refractivity contribution in [3.05, 3.63) is 48.6 Å². The quantitative estimate of drug-likeness (QED) is 0.0285. The standard InChI is InChI=1S/C44H76O10/c1-3-5-7-9-11-13-15-17-18-19-20-21-23-24-26-28-30-32-39(46)51-35-37(36-52-44-43(50)42(49)41(48)38(34-45)54-44)53-40(47)33-31-29-27-25-22-16-14-12-10-8-6-4-2/h12,14,17-18,20-21,24,26,37-38,41-45,48-50H,3-11,13,15-16,19,22-23,25,27-36H2,1-2H3/b14-12+,18-17+,21-20+,26-24+/t37-,38-,41+,42?,43?,44-/m0/s1. The summed E-state index contributed by atoms with van der Waals surface area (Å²) in [5.41, 5.74) is 0. The Morgan fingerprint density at radius 2 is 1.06 bits per heavy atom. The number of rotatable bonds is 34. The molecule has 1 fully saturated rings. The van der Waals surface area contributed by atoms with Gasteiger partial charge in [0, 0.05) is 12.8 Å². The van der Waals surface area contributed by atoms with Crippen molar-refractivity contribution in [2.75, 3.05) is 19.8 Å². The van der Waals surface area contributed by atoms with E-state index in [4.69, 9.17) is 18.9 Å². The molecule has 0 aromatic heterocycles. The molecule has 1 aliphatic heterocycles. The van der Waals surface area contributed by atoms with Gasteiger partial charge in [-0.3, -0.25) is 9.59 Å². The fraction of sp³-hybridized carbons (Fsp3) is 0.773. The first-order valence-corrected chi connectivity index (χ1v) is 21.2. The number of carbonyl (C=O) groups is 2. The maximum absolute atomic E-state index is 12.7. The Labute approximate surface area is 327 Å². The lowest BCUT2D eigenvalue weighted by Gasteiger charge is -2.39. The van der Waals surface area contributed by atoms with Crippen molar-refractivity contribution >= 4 is 11.9 Å².